The second-order valence-corrected chi connectivity index (χ2v) is 6.64. The molecule has 0 aliphatic carbocycles. The summed E-state index contributed by atoms with van der Waals surface area (Å²) in [5.41, 5.74) is 2.91. The molecular formula is C21H22O6. The van der Waals surface area contributed by atoms with Crippen molar-refractivity contribution in [1.29, 1.82) is 0 Å². The van der Waals surface area contributed by atoms with Crippen molar-refractivity contribution < 1.29 is 28.9 Å². The van der Waals surface area contributed by atoms with Crippen molar-refractivity contribution in [2.24, 2.45) is 0 Å². The summed E-state index contributed by atoms with van der Waals surface area (Å²) in [7, 11) is 0. The molecule has 6 heteroatoms. The van der Waals surface area contributed by atoms with Crippen LogP contribution in [-0.2, 0) is 14.2 Å². The normalized spacial score (nSPS) is 21.7. The fourth-order valence-corrected chi connectivity index (χ4v) is 2.79. The predicted molar refractivity (Wildman–Crippen MR) is 97.3 cm³/mol. The lowest BCUT2D eigenvalue weighted by atomic mass is 10.1. The molecule has 2 aromatic rings. The van der Waals surface area contributed by atoms with Gasteiger partial charge >= 0.3 is 11.9 Å². The van der Waals surface area contributed by atoms with Gasteiger partial charge in [0.05, 0.1) is 11.1 Å². The third-order valence-electron chi connectivity index (χ3n) is 4.39. The number of hydrogen-bond donors (Lipinski definition) is 1. The first-order chi connectivity index (χ1) is 12.9. The van der Waals surface area contributed by atoms with E-state index in [1.807, 2.05) is 38.1 Å². The smallest absolute Gasteiger partial charge is 0.338 e. The minimum atomic E-state index is -1.07. The summed E-state index contributed by atoms with van der Waals surface area (Å²) in [6, 6.07) is 14.0. The number of carbonyl (C=O) groups is 2. The van der Waals surface area contributed by atoms with Crippen LogP contribution in [-0.4, -0.2) is 42.1 Å². The molecule has 0 aromatic heterocycles. The number of aliphatic hydroxyl groups is 1. The molecule has 6 nitrogen and oxygen atoms in total. The Balaban J connectivity index is 1.58. The van der Waals surface area contributed by atoms with Gasteiger partial charge in [0.1, 0.15) is 18.8 Å². The van der Waals surface area contributed by atoms with Crippen LogP contribution < -0.4 is 0 Å². The molecule has 27 heavy (non-hydrogen) atoms. The number of hydrogen-bond acceptors (Lipinski definition) is 6. The first-order valence-electron chi connectivity index (χ1n) is 8.77. The molecule has 142 valence electrons. The third-order valence-corrected chi connectivity index (χ3v) is 4.39. The Bertz CT molecular complexity index is 796. The van der Waals surface area contributed by atoms with E-state index in [1.54, 1.807) is 24.3 Å². The van der Waals surface area contributed by atoms with Gasteiger partial charge in [-0.25, -0.2) is 9.59 Å². The summed E-state index contributed by atoms with van der Waals surface area (Å²) in [6.45, 7) is 3.74. The zero-order valence-corrected chi connectivity index (χ0v) is 15.3. The molecule has 0 saturated carbocycles. The van der Waals surface area contributed by atoms with Gasteiger partial charge in [-0.1, -0.05) is 35.4 Å². The Kier molecular flexibility index (Phi) is 5.88. The lowest BCUT2D eigenvalue weighted by molar-refractivity contribution is -0.110. The van der Waals surface area contributed by atoms with Crippen molar-refractivity contribution in [1.82, 2.24) is 0 Å². The van der Waals surface area contributed by atoms with Crippen molar-refractivity contribution in [3.05, 3.63) is 70.8 Å². The van der Waals surface area contributed by atoms with E-state index < -0.39 is 30.4 Å². The minimum absolute atomic E-state index is 0.115. The molecular weight excluding hydrogens is 348 g/mol. The topological polar surface area (TPSA) is 82.1 Å². The highest BCUT2D eigenvalue weighted by atomic mass is 16.7. The monoisotopic (exact) mass is 370 g/mol. The highest BCUT2D eigenvalue weighted by Gasteiger charge is 2.38. The maximum atomic E-state index is 12.3. The summed E-state index contributed by atoms with van der Waals surface area (Å²) >= 11 is 0. The van der Waals surface area contributed by atoms with Crippen molar-refractivity contribution in [2.75, 3.05) is 6.61 Å². The van der Waals surface area contributed by atoms with Crippen LogP contribution in [0.4, 0.5) is 0 Å². The average molecular weight is 370 g/mol. The van der Waals surface area contributed by atoms with E-state index >= 15 is 0 Å². The molecule has 1 saturated heterocycles. The summed E-state index contributed by atoms with van der Waals surface area (Å²) in [4.78, 5) is 24.4. The van der Waals surface area contributed by atoms with Gasteiger partial charge in [-0.15, -0.1) is 0 Å². The minimum Gasteiger partial charge on any atom is -0.459 e. The number of ether oxygens (including phenoxy) is 3. The number of rotatable bonds is 5. The summed E-state index contributed by atoms with van der Waals surface area (Å²) in [6.07, 6.45) is -2.35. The largest absolute Gasteiger partial charge is 0.459 e. The van der Waals surface area contributed by atoms with Crippen LogP contribution >= 0.6 is 0 Å². The first-order valence-corrected chi connectivity index (χ1v) is 8.77. The van der Waals surface area contributed by atoms with Gasteiger partial charge in [0.2, 0.25) is 0 Å². The zero-order valence-electron chi connectivity index (χ0n) is 15.3. The molecule has 1 N–H and O–H groups in total. The van der Waals surface area contributed by atoms with Gasteiger partial charge in [-0.05, 0) is 38.1 Å². The SMILES string of the molecule is Cc1ccc(C(=O)OC[C@@H]2O[C@@H](O)C[C@H]2OC(=O)c2ccc(C)cc2)cc1. The maximum Gasteiger partial charge on any atom is 0.338 e. The summed E-state index contributed by atoms with van der Waals surface area (Å²) in [5, 5.41) is 9.75. The van der Waals surface area contributed by atoms with E-state index in [0.29, 0.717) is 11.1 Å². The summed E-state index contributed by atoms with van der Waals surface area (Å²) < 4.78 is 16.1. The Hall–Kier alpha value is -2.70. The molecule has 2 aromatic carbocycles. The number of aryl methyl sites for hydroxylation is 2. The van der Waals surface area contributed by atoms with Gasteiger partial charge in [0.25, 0.3) is 0 Å². The quantitative estimate of drug-likeness (QED) is 0.815. The van der Waals surface area contributed by atoms with Crippen LogP contribution in [0.25, 0.3) is 0 Å². The van der Waals surface area contributed by atoms with Crippen molar-refractivity contribution >= 4 is 11.9 Å². The molecule has 1 heterocycles. The average Bonchev–Trinajstić information content (AvgIpc) is 3.00. The van der Waals surface area contributed by atoms with Gasteiger partial charge in [-0.2, -0.15) is 0 Å². The fourth-order valence-electron chi connectivity index (χ4n) is 2.79. The third kappa shape index (κ3) is 4.93. The van der Waals surface area contributed by atoms with Crippen molar-refractivity contribution in [2.45, 2.75) is 38.8 Å². The van der Waals surface area contributed by atoms with Crippen LogP contribution in [0.15, 0.2) is 48.5 Å². The van der Waals surface area contributed by atoms with Crippen LogP contribution in [0.3, 0.4) is 0 Å². The highest BCUT2D eigenvalue weighted by molar-refractivity contribution is 5.90. The van der Waals surface area contributed by atoms with E-state index in [-0.39, 0.29) is 13.0 Å². The molecule has 1 fully saturated rings. The molecule has 0 amide bonds. The summed E-state index contributed by atoms with van der Waals surface area (Å²) in [5.74, 6) is -1.00. The van der Waals surface area contributed by atoms with E-state index in [1.165, 1.54) is 0 Å². The molecule has 0 unspecified atom stereocenters. The van der Waals surface area contributed by atoms with Gasteiger partial charge < -0.3 is 19.3 Å². The standard InChI is InChI=1S/C21H22O6/c1-13-3-7-15(8-4-13)20(23)25-12-18-17(11-19(22)26-18)27-21(24)16-9-5-14(2)6-10-16/h3-10,17-19,22H,11-12H2,1-2H3/t17-,18+,19-/m1/s1. The van der Waals surface area contributed by atoms with Gasteiger partial charge in [0, 0.05) is 6.42 Å². The molecule has 1 aliphatic heterocycles. The number of esters is 2. The fraction of sp³-hybridized carbons (Fsp3) is 0.333. The van der Waals surface area contributed by atoms with Crippen molar-refractivity contribution in [3.63, 3.8) is 0 Å². The number of carbonyl (C=O) groups excluding carboxylic acids is 2. The highest BCUT2D eigenvalue weighted by Crippen LogP contribution is 2.24. The first kappa shape index (κ1) is 19.1. The molecule has 3 atom stereocenters. The van der Waals surface area contributed by atoms with E-state index in [2.05, 4.69) is 0 Å². The van der Waals surface area contributed by atoms with E-state index in [0.717, 1.165) is 11.1 Å². The lowest BCUT2D eigenvalue weighted by Gasteiger charge is -2.18. The molecule has 1 aliphatic rings. The Labute approximate surface area is 157 Å². The second kappa shape index (κ2) is 8.33. The number of benzene rings is 2. The maximum absolute atomic E-state index is 12.3. The Morgan fingerprint density at radius 2 is 1.48 bits per heavy atom. The Morgan fingerprint density at radius 1 is 0.963 bits per heavy atom. The second-order valence-electron chi connectivity index (χ2n) is 6.64. The van der Waals surface area contributed by atoms with Crippen LogP contribution in [0, 0.1) is 13.8 Å². The molecule has 3 rings (SSSR count). The number of aliphatic hydroxyl groups excluding tert-OH is 1. The van der Waals surface area contributed by atoms with E-state index in [9.17, 15) is 14.7 Å². The predicted octanol–water partition coefficient (Wildman–Crippen LogP) is 2.79. The molecule has 0 spiro atoms. The molecule has 0 bridgehead atoms. The van der Waals surface area contributed by atoms with Crippen LogP contribution in [0.5, 0.6) is 0 Å². The zero-order chi connectivity index (χ0) is 19.4. The van der Waals surface area contributed by atoms with Gasteiger partial charge in [-0.3, -0.25) is 0 Å². The Morgan fingerprint density at radius 3 is 2.04 bits per heavy atom. The van der Waals surface area contributed by atoms with E-state index in [4.69, 9.17) is 14.2 Å². The van der Waals surface area contributed by atoms with Gasteiger partial charge in [0.15, 0.2) is 6.29 Å². The van der Waals surface area contributed by atoms with Crippen LogP contribution in [0.2, 0.25) is 0 Å². The van der Waals surface area contributed by atoms with Crippen molar-refractivity contribution in [3.8, 4) is 0 Å². The lowest BCUT2D eigenvalue weighted by Crippen LogP contribution is -2.32. The van der Waals surface area contributed by atoms with Crippen LogP contribution in [0.1, 0.15) is 38.3 Å². The molecule has 0 radical (unpaired) electrons.